The molecule has 0 unspecified atom stereocenters. The molecular formula is C15H20F3NO3. The van der Waals surface area contributed by atoms with Crippen molar-refractivity contribution in [2.45, 2.75) is 50.6 Å². The lowest BCUT2D eigenvalue weighted by Gasteiger charge is -2.31. The molecule has 0 heterocycles. The van der Waals surface area contributed by atoms with Crippen LogP contribution in [-0.2, 0) is 0 Å². The first-order chi connectivity index (χ1) is 10.3. The molecule has 0 spiro atoms. The first-order valence-corrected chi connectivity index (χ1v) is 7.30. The molecule has 0 amide bonds. The van der Waals surface area contributed by atoms with Crippen molar-refractivity contribution in [3.8, 4) is 11.5 Å². The minimum atomic E-state index is -4.82. The van der Waals surface area contributed by atoms with E-state index in [0.29, 0.717) is 0 Å². The molecule has 1 saturated carbocycles. The average molecular weight is 319 g/mol. The highest BCUT2D eigenvalue weighted by Crippen LogP contribution is 2.36. The third kappa shape index (κ3) is 4.27. The van der Waals surface area contributed by atoms with E-state index in [1.165, 1.54) is 0 Å². The van der Waals surface area contributed by atoms with E-state index in [4.69, 9.17) is 5.73 Å². The van der Waals surface area contributed by atoms with Gasteiger partial charge in [-0.25, -0.2) is 0 Å². The normalized spacial score (nSPS) is 19.7. The molecule has 2 rings (SSSR count). The van der Waals surface area contributed by atoms with Crippen molar-refractivity contribution in [2.24, 2.45) is 11.7 Å². The second-order valence-corrected chi connectivity index (χ2v) is 5.68. The molecule has 1 aliphatic carbocycles. The molecule has 0 aromatic heterocycles. The smallest absolute Gasteiger partial charge is 0.508 e. The van der Waals surface area contributed by atoms with Gasteiger partial charge < -0.3 is 20.7 Å². The van der Waals surface area contributed by atoms with E-state index >= 15 is 0 Å². The molecule has 4 N–H and O–H groups in total. The van der Waals surface area contributed by atoms with E-state index in [-0.39, 0.29) is 17.2 Å². The summed E-state index contributed by atoms with van der Waals surface area (Å²) in [6.45, 7) is 0. The number of aromatic hydroxyl groups is 1. The zero-order valence-corrected chi connectivity index (χ0v) is 12.0. The number of rotatable bonds is 4. The third-order valence-electron chi connectivity index (χ3n) is 4.09. The molecule has 22 heavy (non-hydrogen) atoms. The Hall–Kier alpha value is -1.47. The van der Waals surface area contributed by atoms with E-state index in [9.17, 15) is 23.4 Å². The Kier molecular flexibility index (Phi) is 5.18. The number of alkyl halides is 3. The van der Waals surface area contributed by atoms with Crippen LogP contribution >= 0.6 is 0 Å². The van der Waals surface area contributed by atoms with Crippen molar-refractivity contribution in [3.05, 3.63) is 23.8 Å². The lowest BCUT2D eigenvalue weighted by molar-refractivity contribution is -0.274. The maximum Gasteiger partial charge on any atom is 0.573 e. The van der Waals surface area contributed by atoms with Crippen LogP contribution in [0.5, 0.6) is 11.5 Å². The number of ether oxygens (including phenoxy) is 1. The van der Waals surface area contributed by atoms with Gasteiger partial charge in [0.15, 0.2) is 0 Å². The molecule has 1 aromatic carbocycles. The third-order valence-corrected chi connectivity index (χ3v) is 4.09. The van der Waals surface area contributed by atoms with Gasteiger partial charge in [-0.3, -0.25) is 0 Å². The van der Waals surface area contributed by atoms with Crippen molar-refractivity contribution in [3.63, 3.8) is 0 Å². The lowest BCUT2D eigenvalue weighted by Crippen LogP contribution is -2.34. The highest BCUT2D eigenvalue weighted by Gasteiger charge is 2.33. The van der Waals surface area contributed by atoms with Gasteiger partial charge in [0, 0.05) is 5.56 Å². The predicted octanol–water partition coefficient (Wildman–Crippen LogP) is 3.23. The Morgan fingerprint density at radius 3 is 2.41 bits per heavy atom. The predicted molar refractivity (Wildman–Crippen MR) is 74.3 cm³/mol. The van der Waals surface area contributed by atoms with Gasteiger partial charge in [0.05, 0.1) is 12.1 Å². The summed E-state index contributed by atoms with van der Waals surface area (Å²) in [6, 6.07) is 2.16. The van der Waals surface area contributed by atoms with Crippen LogP contribution in [0.2, 0.25) is 0 Å². The summed E-state index contributed by atoms with van der Waals surface area (Å²) >= 11 is 0. The molecule has 0 radical (unpaired) electrons. The summed E-state index contributed by atoms with van der Waals surface area (Å²) < 4.78 is 40.6. The van der Waals surface area contributed by atoms with Gasteiger partial charge in [-0.15, -0.1) is 13.2 Å². The van der Waals surface area contributed by atoms with Crippen LogP contribution < -0.4 is 10.5 Å². The largest absolute Gasteiger partial charge is 0.573 e. The maximum atomic E-state index is 12.3. The zero-order valence-electron chi connectivity index (χ0n) is 12.0. The van der Waals surface area contributed by atoms with Crippen LogP contribution in [0.4, 0.5) is 13.2 Å². The molecule has 0 saturated heterocycles. The van der Waals surface area contributed by atoms with Crippen molar-refractivity contribution < 1.29 is 28.1 Å². The van der Waals surface area contributed by atoms with Gasteiger partial charge in [0.25, 0.3) is 0 Å². The number of hydrogen-bond donors (Lipinski definition) is 3. The van der Waals surface area contributed by atoms with Crippen LogP contribution in [-0.4, -0.2) is 22.7 Å². The summed E-state index contributed by atoms with van der Waals surface area (Å²) in [7, 11) is 0. The molecule has 2 atom stereocenters. The minimum Gasteiger partial charge on any atom is -0.508 e. The summed E-state index contributed by atoms with van der Waals surface area (Å²) in [5.41, 5.74) is 6.01. The first-order valence-electron chi connectivity index (χ1n) is 7.30. The van der Waals surface area contributed by atoms with Crippen LogP contribution in [0.25, 0.3) is 0 Å². The van der Waals surface area contributed by atoms with Gasteiger partial charge in [-0.05, 0) is 37.0 Å². The first kappa shape index (κ1) is 16.9. The number of nitrogens with two attached hydrogens (primary N) is 1. The fourth-order valence-electron chi connectivity index (χ4n) is 2.95. The van der Waals surface area contributed by atoms with Crippen molar-refractivity contribution in [1.82, 2.24) is 0 Å². The van der Waals surface area contributed by atoms with Gasteiger partial charge in [-0.2, -0.15) is 0 Å². The molecule has 124 valence electrons. The number of phenols is 1. The van der Waals surface area contributed by atoms with Crippen LogP contribution in [0.15, 0.2) is 18.2 Å². The highest BCUT2D eigenvalue weighted by molar-refractivity contribution is 5.41. The standard InChI is InChI=1S/C15H20F3NO3/c16-15(17,18)22-10-6-7-12(20)11(8-10)13(19)14(21)9-4-2-1-3-5-9/h6-9,13-14,20-21H,1-5,19H2/t13-,14+/m1/s1. The van der Waals surface area contributed by atoms with E-state index < -0.39 is 24.3 Å². The van der Waals surface area contributed by atoms with Crippen LogP contribution in [0.3, 0.4) is 0 Å². The van der Waals surface area contributed by atoms with Crippen molar-refractivity contribution in [1.29, 1.82) is 0 Å². The summed E-state index contributed by atoms with van der Waals surface area (Å²) in [5, 5.41) is 20.2. The second kappa shape index (κ2) is 6.75. The lowest BCUT2D eigenvalue weighted by atomic mass is 9.81. The van der Waals surface area contributed by atoms with E-state index in [0.717, 1.165) is 50.3 Å². The van der Waals surface area contributed by atoms with Crippen molar-refractivity contribution >= 4 is 0 Å². The Labute approximate surface area is 126 Å². The van der Waals surface area contributed by atoms with Gasteiger partial charge in [-0.1, -0.05) is 19.3 Å². The number of aliphatic hydroxyl groups is 1. The Morgan fingerprint density at radius 2 is 1.82 bits per heavy atom. The molecule has 0 aliphatic heterocycles. The molecule has 4 nitrogen and oxygen atoms in total. The SMILES string of the molecule is N[C@H](c1cc(OC(F)(F)F)ccc1O)[C@@H](O)C1CCCCC1. The summed E-state index contributed by atoms with van der Waals surface area (Å²) in [5.74, 6) is -0.723. The average Bonchev–Trinajstić information content (AvgIpc) is 2.47. The number of halogens is 3. The highest BCUT2D eigenvalue weighted by atomic mass is 19.4. The Morgan fingerprint density at radius 1 is 1.18 bits per heavy atom. The maximum absolute atomic E-state index is 12.3. The minimum absolute atomic E-state index is 0.00431. The molecule has 7 heteroatoms. The van der Waals surface area contributed by atoms with E-state index in [1.807, 2.05) is 0 Å². The van der Waals surface area contributed by atoms with Gasteiger partial charge in [0.1, 0.15) is 11.5 Å². The number of benzene rings is 1. The fraction of sp³-hybridized carbons (Fsp3) is 0.600. The van der Waals surface area contributed by atoms with Crippen molar-refractivity contribution in [2.75, 3.05) is 0 Å². The number of phenolic OH excluding ortho intramolecular Hbond substituents is 1. The molecule has 1 aliphatic rings. The van der Waals surface area contributed by atoms with Crippen LogP contribution in [0, 0.1) is 5.92 Å². The second-order valence-electron chi connectivity index (χ2n) is 5.68. The van der Waals surface area contributed by atoms with Crippen LogP contribution in [0.1, 0.15) is 43.7 Å². The summed E-state index contributed by atoms with van der Waals surface area (Å²) in [4.78, 5) is 0. The Balaban J connectivity index is 2.16. The fourth-order valence-corrected chi connectivity index (χ4v) is 2.95. The molecule has 1 fully saturated rings. The molecule has 1 aromatic rings. The number of hydrogen-bond acceptors (Lipinski definition) is 4. The number of aliphatic hydroxyl groups excluding tert-OH is 1. The Bertz CT molecular complexity index is 501. The van der Waals surface area contributed by atoms with E-state index in [1.54, 1.807) is 0 Å². The monoisotopic (exact) mass is 319 g/mol. The topological polar surface area (TPSA) is 75.7 Å². The molecular weight excluding hydrogens is 299 g/mol. The zero-order chi connectivity index (χ0) is 16.3. The van der Waals surface area contributed by atoms with E-state index in [2.05, 4.69) is 4.74 Å². The van der Waals surface area contributed by atoms with Gasteiger partial charge >= 0.3 is 6.36 Å². The summed E-state index contributed by atoms with van der Waals surface area (Å²) in [6.07, 6.45) is -0.968. The quantitative estimate of drug-likeness (QED) is 0.796. The van der Waals surface area contributed by atoms with Gasteiger partial charge in [0.2, 0.25) is 0 Å². The molecule has 0 bridgehead atoms.